The first-order valence-electron chi connectivity index (χ1n) is 6.67. The van der Waals surface area contributed by atoms with Gasteiger partial charge in [-0.15, -0.1) is 11.6 Å². The summed E-state index contributed by atoms with van der Waals surface area (Å²) in [5.41, 5.74) is 3.07. The van der Waals surface area contributed by atoms with Crippen LogP contribution in [0.5, 0.6) is 0 Å². The van der Waals surface area contributed by atoms with Crippen molar-refractivity contribution in [1.82, 2.24) is 0 Å². The third kappa shape index (κ3) is 3.03. The summed E-state index contributed by atoms with van der Waals surface area (Å²) in [4.78, 5) is 2.49. The van der Waals surface area contributed by atoms with Crippen molar-refractivity contribution in [3.63, 3.8) is 0 Å². The van der Waals surface area contributed by atoms with Gasteiger partial charge in [0, 0.05) is 29.1 Å². The zero-order chi connectivity index (χ0) is 13.2. The van der Waals surface area contributed by atoms with Crippen LogP contribution >= 0.6 is 27.5 Å². The maximum Gasteiger partial charge on any atom is 0.0494 e. The average Bonchev–Trinajstić information content (AvgIpc) is 2.39. The molecule has 0 amide bonds. The molecule has 18 heavy (non-hydrogen) atoms. The van der Waals surface area contributed by atoms with Gasteiger partial charge in [0.15, 0.2) is 0 Å². The van der Waals surface area contributed by atoms with Gasteiger partial charge in [0.05, 0.1) is 0 Å². The van der Waals surface area contributed by atoms with Crippen molar-refractivity contribution in [2.45, 2.75) is 39.0 Å². The molecular formula is C15H21BrClN. The molecule has 0 aromatic heterocycles. The van der Waals surface area contributed by atoms with Gasteiger partial charge in [-0.05, 0) is 36.0 Å². The molecule has 1 heterocycles. The average molecular weight is 331 g/mol. The lowest BCUT2D eigenvalue weighted by Crippen LogP contribution is -2.38. The molecule has 1 nitrogen and oxygen atoms in total. The fraction of sp³-hybridized carbons (Fsp3) is 0.600. The lowest BCUT2D eigenvalue weighted by Gasteiger charge is -2.40. The van der Waals surface area contributed by atoms with Gasteiger partial charge in [-0.25, -0.2) is 0 Å². The minimum absolute atomic E-state index is 0.531. The fourth-order valence-corrected chi connectivity index (χ4v) is 3.16. The highest BCUT2D eigenvalue weighted by atomic mass is 79.9. The number of hydrogen-bond donors (Lipinski definition) is 0. The van der Waals surface area contributed by atoms with E-state index in [0.717, 1.165) is 17.6 Å². The molecule has 0 aliphatic carbocycles. The van der Waals surface area contributed by atoms with E-state index in [1.165, 1.54) is 30.5 Å². The highest BCUT2D eigenvalue weighted by Gasteiger charge is 2.28. The molecule has 0 spiro atoms. The third-order valence-electron chi connectivity index (χ3n) is 4.36. The van der Waals surface area contributed by atoms with E-state index in [0.29, 0.717) is 11.3 Å². The van der Waals surface area contributed by atoms with Crippen LogP contribution in [0.15, 0.2) is 22.7 Å². The summed E-state index contributed by atoms with van der Waals surface area (Å²) in [7, 11) is 0. The Hall–Kier alpha value is -0.210. The molecule has 2 rings (SSSR count). The Morgan fingerprint density at radius 1 is 1.33 bits per heavy atom. The topological polar surface area (TPSA) is 3.24 Å². The van der Waals surface area contributed by atoms with Crippen LogP contribution in [0.25, 0.3) is 0 Å². The van der Waals surface area contributed by atoms with Gasteiger partial charge < -0.3 is 4.90 Å². The Morgan fingerprint density at radius 2 is 2.00 bits per heavy atom. The van der Waals surface area contributed by atoms with Crippen LogP contribution in [0.1, 0.15) is 38.7 Å². The molecule has 0 radical (unpaired) electrons. The van der Waals surface area contributed by atoms with E-state index < -0.39 is 0 Å². The van der Waals surface area contributed by atoms with Gasteiger partial charge in [0.25, 0.3) is 0 Å². The maximum atomic E-state index is 6.04. The van der Waals surface area contributed by atoms with Gasteiger partial charge in [0.2, 0.25) is 0 Å². The lowest BCUT2D eigenvalue weighted by molar-refractivity contribution is 0.238. The summed E-state index contributed by atoms with van der Waals surface area (Å²) < 4.78 is 1.13. The smallest absolute Gasteiger partial charge is 0.0494 e. The number of nitrogens with zero attached hydrogens (tertiary/aromatic N) is 1. The van der Waals surface area contributed by atoms with Crippen molar-refractivity contribution in [3.8, 4) is 0 Å². The molecule has 0 saturated carbocycles. The number of piperidine rings is 1. The van der Waals surface area contributed by atoms with E-state index >= 15 is 0 Å². The molecule has 0 N–H and O–H groups in total. The Labute approximate surface area is 124 Å². The molecule has 1 saturated heterocycles. The first kappa shape index (κ1) is 14.2. The van der Waals surface area contributed by atoms with Crippen molar-refractivity contribution < 1.29 is 0 Å². The second-order valence-electron chi connectivity index (χ2n) is 5.56. The van der Waals surface area contributed by atoms with Gasteiger partial charge in [-0.1, -0.05) is 42.3 Å². The number of hydrogen-bond acceptors (Lipinski definition) is 1. The summed E-state index contributed by atoms with van der Waals surface area (Å²) in [6, 6.07) is 6.40. The maximum absolute atomic E-state index is 6.04. The minimum atomic E-state index is 0.531. The summed E-state index contributed by atoms with van der Waals surface area (Å²) in [6.45, 7) is 7.00. The molecule has 1 fully saturated rings. The van der Waals surface area contributed by atoms with Crippen LogP contribution in [0.3, 0.4) is 0 Å². The molecule has 0 unspecified atom stereocenters. The van der Waals surface area contributed by atoms with Crippen molar-refractivity contribution in [2.75, 3.05) is 18.0 Å². The highest BCUT2D eigenvalue weighted by molar-refractivity contribution is 9.10. The lowest BCUT2D eigenvalue weighted by atomic mass is 9.78. The van der Waals surface area contributed by atoms with Crippen molar-refractivity contribution in [2.24, 2.45) is 5.41 Å². The first-order chi connectivity index (χ1) is 8.58. The van der Waals surface area contributed by atoms with E-state index in [1.807, 2.05) is 0 Å². The van der Waals surface area contributed by atoms with E-state index in [9.17, 15) is 0 Å². The predicted octanol–water partition coefficient (Wildman–Crippen LogP) is 5.20. The summed E-state index contributed by atoms with van der Waals surface area (Å²) in [5, 5.41) is 0. The molecule has 1 aliphatic heterocycles. The molecule has 100 valence electrons. The van der Waals surface area contributed by atoms with Crippen LogP contribution in [0.2, 0.25) is 0 Å². The Kier molecular flexibility index (Phi) is 4.60. The summed E-state index contributed by atoms with van der Waals surface area (Å²) in [5.74, 6) is 0.587. The SMILES string of the molecule is CCC1(C)CCN(c2cc(Br)ccc2CCl)CC1. The van der Waals surface area contributed by atoms with Crippen LogP contribution in [-0.2, 0) is 5.88 Å². The number of alkyl halides is 1. The molecule has 0 atom stereocenters. The second-order valence-corrected chi connectivity index (χ2v) is 6.74. The highest BCUT2D eigenvalue weighted by Crippen LogP contribution is 2.37. The van der Waals surface area contributed by atoms with Crippen molar-refractivity contribution in [1.29, 1.82) is 0 Å². The van der Waals surface area contributed by atoms with E-state index in [-0.39, 0.29) is 0 Å². The molecule has 1 aromatic carbocycles. The number of rotatable bonds is 3. The number of anilines is 1. The molecule has 3 heteroatoms. The van der Waals surface area contributed by atoms with Gasteiger partial charge in [-0.3, -0.25) is 0 Å². The van der Waals surface area contributed by atoms with E-state index in [2.05, 4.69) is 52.9 Å². The predicted molar refractivity (Wildman–Crippen MR) is 83.5 cm³/mol. The van der Waals surface area contributed by atoms with Gasteiger partial charge in [0.1, 0.15) is 0 Å². The second kappa shape index (κ2) is 5.83. The fourth-order valence-electron chi connectivity index (χ4n) is 2.59. The van der Waals surface area contributed by atoms with Crippen LogP contribution in [0.4, 0.5) is 5.69 Å². The van der Waals surface area contributed by atoms with Gasteiger partial charge >= 0.3 is 0 Å². The van der Waals surface area contributed by atoms with Crippen molar-refractivity contribution in [3.05, 3.63) is 28.2 Å². The molecular weight excluding hydrogens is 310 g/mol. The normalized spacial score (nSPS) is 19.0. The zero-order valence-corrected chi connectivity index (χ0v) is 13.5. The van der Waals surface area contributed by atoms with Crippen molar-refractivity contribution >= 4 is 33.2 Å². The summed E-state index contributed by atoms with van der Waals surface area (Å²) >= 11 is 9.60. The first-order valence-corrected chi connectivity index (χ1v) is 8.00. The summed E-state index contributed by atoms with van der Waals surface area (Å²) in [6.07, 6.45) is 3.83. The Balaban J connectivity index is 2.16. The van der Waals surface area contributed by atoms with Gasteiger partial charge in [-0.2, -0.15) is 0 Å². The number of benzene rings is 1. The molecule has 1 aliphatic rings. The monoisotopic (exact) mass is 329 g/mol. The van der Waals surface area contributed by atoms with Crippen LogP contribution in [0, 0.1) is 5.41 Å². The van der Waals surface area contributed by atoms with Crippen LogP contribution in [-0.4, -0.2) is 13.1 Å². The third-order valence-corrected chi connectivity index (χ3v) is 5.14. The standard InChI is InChI=1S/C15H21BrClN/c1-3-15(2)6-8-18(9-7-15)14-10-13(16)5-4-12(14)11-17/h4-5,10H,3,6-9,11H2,1-2H3. The minimum Gasteiger partial charge on any atom is -0.371 e. The van der Waals surface area contributed by atoms with E-state index in [1.54, 1.807) is 0 Å². The number of halogens is 2. The molecule has 0 bridgehead atoms. The van der Waals surface area contributed by atoms with Crippen LogP contribution < -0.4 is 4.90 Å². The quantitative estimate of drug-likeness (QED) is 0.688. The Morgan fingerprint density at radius 3 is 2.56 bits per heavy atom. The Bertz CT molecular complexity index is 411. The zero-order valence-electron chi connectivity index (χ0n) is 11.2. The largest absolute Gasteiger partial charge is 0.371 e. The molecule has 1 aromatic rings. The van der Waals surface area contributed by atoms with E-state index in [4.69, 9.17) is 11.6 Å².